The summed E-state index contributed by atoms with van der Waals surface area (Å²) < 4.78 is 5.07. The van der Waals surface area contributed by atoms with Gasteiger partial charge in [-0.25, -0.2) is 4.98 Å². The molecular weight excluding hydrogens is 290 g/mol. The molecule has 2 saturated heterocycles. The first-order valence-electron chi connectivity index (χ1n) is 8.81. The van der Waals surface area contributed by atoms with E-state index >= 15 is 0 Å². The van der Waals surface area contributed by atoms with Gasteiger partial charge in [0.15, 0.2) is 0 Å². The molecule has 126 valence electrons. The number of carbonyl (C=O) groups is 1. The maximum absolute atomic E-state index is 12.8. The van der Waals surface area contributed by atoms with Gasteiger partial charge in [-0.05, 0) is 57.7 Å². The SMILES string of the molecule is COc1ccc(C(=O)N2CCCC[C@H]2CCN2CCCC2)cn1. The van der Waals surface area contributed by atoms with Crippen LogP contribution in [0.15, 0.2) is 18.3 Å². The number of likely N-dealkylation sites (tertiary alicyclic amines) is 2. The fourth-order valence-electron chi connectivity index (χ4n) is 3.70. The normalized spacial score (nSPS) is 22.3. The molecule has 0 spiro atoms. The number of piperidine rings is 1. The monoisotopic (exact) mass is 317 g/mol. The number of rotatable bonds is 5. The van der Waals surface area contributed by atoms with Crippen molar-refractivity contribution in [1.29, 1.82) is 0 Å². The van der Waals surface area contributed by atoms with Gasteiger partial charge >= 0.3 is 0 Å². The number of carbonyl (C=O) groups excluding carboxylic acids is 1. The van der Waals surface area contributed by atoms with Gasteiger partial charge in [-0.3, -0.25) is 4.79 Å². The van der Waals surface area contributed by atoms with E-state index < -0.39 is 0 Å². The molecule has 5 nitrogen and oxygen atoms in total. The van der Waals surface area contributed by atoms with Crippen molar-refractivity contribution < 1.29 is 9.53 Å². The third-order valence-electron chi connectivity index (χ3n) is 5.06. The lowest BCUT2D eigenvalue weighted by atomic mass is 9.98. The Morgan fingerprint density at radius 3 is 2.70 bits per heavy atom. The van der Waals surface area contributed by atoms with Gasteiger partial charge in [0.25, 0.3) is 5.91 Å². The van der Waals surface area contributed by atoms with Crippen molar-refractivity contribution in [2.75, 3.05) is 33.3 Å². The van der Waals surface area contributed by atoms with Crippen LogP contribution in [-0.4, -0.2) is 60.0 Å². The number of pyridine rings is 1. The quantitative estimate of drug-likeness (QED) is 0.837. The third-order valence-corrected chi connectivity index (χ3v) is 5.06. The molecule has 0 saturated carbocycles. The highest BCUT2D eigenvalue weighted by Crippen LogP contribution is 2.23. The van der Waals surface area contributed by atoms with Crippen LogP contribution in [0.4, 0.5) is 0 Å². The standard InChI is InChI=1S/C18H27N3O2/c1-23-17-8-7-15(14-19-17)18(22)21-12-3-2-6-16(21)9-13-20-10-4-5-11-20/h7-8,14,16H,2-6,9-13H2,1H3/t16-/m0/s1. The Hall–Kier alpha value is -1.62. The Morgan fingerprint density at radius 2 is 2.00 bits per heavy atom. The summed E-state index contributed by atoms with van der Waals surface area (Å²) in [5.41, 5.74) is 0.666. The zero-order valence-corrected chi connectivity index (χ0v) is 14.0. The van der Waals surface area contributed by atoms with E-state index in [-0.39, 0.29) is 5.91 Å². The number of hydrogen-bond donors (Lipinski definition) is 0. The smallest absolute Gasteiger partial charge is 0.255 e. The summed E-state index contributed by atoms with van der Waals surface area (Å²) in [4.78, 5) is 21.6. The Labute approximate surface area is 138 Å². The molecule has 0 N–H and O–H groups in total. The van der Waals surface area contributed by atoms with Gasteiger partial charge in [0.2, 0.25) is 5.88 Å². The van der Waals surface area contributed by atoms with E-state index in [1.165, 1.54) is 32.4 Å². The van der Waals surface area contributed by atoms with Crippen LogP contribution in [0.2, 0.25) is 0 Å². The van der Waals surface area contributed by atoms with Gasteiger partial charge < -0.3 is 14.5 Å². The van der Waals surface area contributed by atoms with Gasteiger partial charge in [-0.15, -0.1) is 0 Å². The first-order valence-corrected chi connectivity index (χ1v) is 8.81. The molecule has 2 aliphatic heterocycles. The molecule has 23 heavy (non-hydrogen) atoms. The van der Waals surface area contributed by atoms with E-state index in [0.29, 0.717) is 17.5 Å². The first kappa shape index (κ1) is 16.2. The van der Waals surface area contributed by atoms with Crippen LogP contribution in [0.3, 0.4) is 0 Å². The molecule has 1 amide bonds. The van der Waals surface area contributed by atoms with Gasteiger partial charge in [0, 0.05) is 31.4 Å². The maximum Gasteiger partial charge on any atom is 0.255 e. The zero-order valence-electron chi connectivity index (χ0n) is 14.0. The Morgan fingerprint density at radius 1 is 1.22 bits per heavy atom. The molecule has 0 aromatic carbocycles. The second kappa shape index (κ2) is 7.77. The van der Waals surface area contributed by atoms with Gasteiger partial charge in [-0.1, -0.05) is 0 Å². The first-order chi connectivity index (χ1) is 11.3. The van der Waals surface area contributed by atoms with E-state index in [1.807, 2.05) is 6.07 Å². The second-order valence-corrected chi connectivity index (χ2v) is 6.57. The largest absolute Gasteiger partial charge is 0.481 e. The van der Waals surface area contributed by atoms with E-state index in [1.54, 1.807) is 19.4 Å². The molecule has 1 aromatic rings. The lowest BCUT2D eigenvalue weighted by Crippen LogP contribution is -2.45. The summed E-state index contributed by atoms with van der Waals surface area (Å²) in [6.07, 6.45) is 8.84. The predicted molar refractivity (Wildman–Crippen MR) is 89.8 cm³/mol. The molecular formula is C18H27N3O2. The fraction of sp³-hybridized carbons (Fsp3) is 0.667. The second-order valence-electron chi connectivity index (χ2n) is 6.57. The number of nitrogens with zero attached hydrogens (tertiary/aromatic N) is 3. The molecule has 0 aliphatic carbocycles. The van der Waals surface area contributed by atoms with Crippen molar-refractivity contribution in [3.63, 3.8) is 0 Å². The summed E-state index contributed by atoms with van der Waals surface area (Å²) in [5, 5.41) is 0. The van der Waals surface area contributed by atoms with Crippen LogP contribution in [0.5, 0.6) is 5.88 Å². The van der Waals surface area contributed by atoms with Crippen molar-refractivity contribution in [1.82, 2.24) is 14.8 Å². The summed E-state index contributed by atoms with van der Waals surface area (Å²) in [5.74, 6) is 0.664. The minimum Gasteiger partial charge on any atom is -0.481 e. The highest BCUT2D eigenvalue weighted by molar-refractivity contribution is 5.94. The summed E-state index contributed by atoms with van der Waals surface area (Å²) in [6.45, 7) is 4.44. The average molecular weight is 317 g/mol. The molecule has 1 atom stereocenters. The van der Waals surface area contributed by atoms with Crippen LogP contribution < -0.4 is 4.74 Å². The number of amides is 1. The molecule has 2 fully saturated rings. The van der Waals surface area contributed by atoms with E-state index in [9.17, 15) is 4.79 Å². The number of aromatic nitrogens is 1. The van der Waals surface area contributed by atoms with Crippen LogP contribution >= 0.6 is 0 Å². The Balaban J connectivity index is 1.62. The highest BCUT2D eigenvalue weighted by Gasteiger charge is 2.28. The molecule has 0 bridgehead atoms. The van der Waals surface area contributed by atoms with Crippen molar-refractivity contribution >= 4 is 5.91 Å². The predicted octanol–water partition coefficient (Wildman–Crippen LogP) is 2.57. The van der Waals surface area contributed by atoms with E-state index in [4.69, 9.17) is 4.74 Å². The van der Waals surface area contributed by atoms with Gasteiger partial charge in [0.05, 0.1) is 12.7 Å². The number of hydrogen-bond acceptors (Lipinski definition) is 4. The van der Waals surface area contributed by atoms with E-state index in [0.717, 1.165) is 32.4 Å². The topological polar surface area (TPSA) is 45.7 Å². The fourth-order valence-corrected chi connectivity index (χ4v) is 3.70. The summed E-state index contributed by atoms with van der Waals surface area (Å²) in [7, 11) is 1.59. The van der Waals surface area contributed by atoms with Crippen LogP contribution in [0.25, 0.3) is 0 Å². The average Bonchev–Trinajstić information content (AvgIpc) is 3.13. The minimum absolute atomic E-state index is 0.117. The Bertz CT molecular complexity index is 512. The third kappa shape index (κ3) is 4.02. The van der Waals surface area contributed by atoms with Gasteiger partial charge in [-0.2, -0.15) is 0 Å². The van der Waals surface area contributed by atoms with Gasteiger partial charge in [0.1, 0.15) is 0 Å². The molecule has 2 aliphatic rings. The molecule has 5 heteroatoms. The molecule has 0 radical (unpaired) electrons. The van der Waals surface area contributed by atoms with Crippen LogP contribution in [0.1, 0.15) is 48.9 Å². The zero-order chi connectivity index (χ0) is 16.1. The lowest BCUT2D eigenvalue weighted by Gasteiger charge is -2.36. The van der Waals surface area contributed by atoms with E-state index in [2.05, 4.69) is 14.8 Å². The molecule has 1 aromatic heterocycles. The lowest BCUT2D eigenvalue weighted by molar-refractivity contribution is 0.0587. The molecule has 0 unspecified atom stereocenters. The van der Waals surface area contributed by atoms with Crippen LogP contribution in [0, 0.1) is 0 Å². The summed E-state index contributed by atoms with van der Waals surface area (Å²) in [6, 6.07) is 3.95. The van der Waals surface area contributed by atoms with Crippen LogP contribution in [-0.2, 0) is 0 Å². The number of ether oxygens (including phenoxy) is 1. The van der Waals surface area contributed by atoms with Crippen molar-refractivity contribution in [3.8, 4) is 5.88 Å². The van der Waals surface area contributed by atoms with Crippen molar-refractivity contribution in [3.05, 3.63) is 23.9 Å². The van der Waals surface area contributed by atoms with Crippen molar-refractivity contribution in [2.45, 2.75) is 44.6 Å². The van der Waals surface area contributed by atoms with Crippen molar-refractivity contribution in [2.24, 2.45) is 0 Å². The minimum atomic E-state index is 0.117. The highest BCUT2D eigenvalue weighted by atomic mass is 16.5. The summed E-state index contributed by atoms with van der Waals surface area (Å²) >= 11 is 0. The maximum atomic E-state index is 12.8. The number of methoxy groups -OCH3 is 1. The Kier molecular flexibility index (Phi) is 5.49. The molecule has 3 rings (SSSR count). The molecule has 3 heterocycles.